The third-order valence-corrected chi connectivity index (χ3v) is 4.75. The Labute approximate surface area is 148 Å². The summed E-state index contributed by atoms with van der Waals surface area (Å²) in [7, 11) is 1.92. The third-order valence-electron chi connectivity index (χ3n) is 4.75. The molecule has 3 rings (SSSR count). The van der Waals surface area contributed by atoms with Gasteiger partial charge < -0.3 is 14.8 Å². The summed E-state index contributed by atoms with van der Waals surface area (Å²) >= 11 is 0. The van der Waals surface area contributed by atoms with Gasteiger partial charge in [0.2, 0.25) is 0 Å². The number of carbonyl (C=O) groups is 1. The summed E-state index contributed by atoms with van der Waals surface area (Å²) in [6, 6.07) is 2.06. The number of carbonyl (C=O) groups excluding carboxylic acids is 1. The van der Waals surface area contributed by atoms with Crippen molar-refractivity contribution in [2.75, 3.05) is 13.1 Å². The Hall–Kier alpha value is -2.38. The number of nitrogens with zero attached hydrogens (tertiary/aromatic N) is 6. The molecule has 1 aliphatic rings. The highest BCUT2D eigenvalue weighted by molar-refractivity contribution is 5.75. The van der Waals surface area contributed by atoms with Crippen LogP contribution in [0.25, 0.3) is 0 Å². The number of nitrogens with one attached hydrogen (secondary N) is 1. The van der Waals surface area contributed by atoms with Crippen molar-refractivity contribution in [3.05, 3.63) is 29.6 Å². The molecule has 0 bridgehead atoms. The Kier molecular flexibility index (Phi) is 5.06. The maximum atomic E-state index is 12.6. The average Bonchev–Trinajstić information content (AvgIpc) is 3.26. The van der Waals surface area contributed by atoms with Crippen molar-refractivity contribution < 1.29 is 4.79 Å². The molecule has 0 spiro atoms. The second-order valence-corrected chi connectivity index (χ2v) is 7.05. The van der Waals surface area contributed by atoms with Gasteiger partial charge >= 0.3 is 6.03 Å². The van der Waals surface area contributed by atoms with Crippen LogP contribution in [-0.2, 0) is 13.6 Å². The Morgan fingerprint density at radius 3 is 2.88 bits per heavy atom. The van der Waals surface area contributed by atoms with Crippen molar-refractivity contribution in [2.24, 2.45) is 13.0 Å². The van der Waals surface area contributed by atoms with Gasteiger partial charge in [0.05, 0.1) is 11.7 Å². The van der Waals surface area contributed by atoms with Gasteiger partial charge in [0.25, 0.3) is 0 Å². The van der Waals surface area contributed by atoms with Gasteiger partial charge in [0.15, 0.2) is 5.82 Å². The van der Waals surface area contributed by atoms with E-state index in [9.17, 15) is 4.79 Å². The minimum absolute atomic E-state index is 0.0128. The number of aromatic nitrogens is 5. The van der Waals surface area contributed by atoms with Gasteiger partial charge in [-0.15, -0.1) is 10.2 Å². The van der Waals surface area contributed by atoms with E-state index in [-0.39, 0.29) is 12.1 Å². The quantitative estimate of drug-likeness (QED) is 0.896. The molecule has 2 aromatic heterocycles. The van der Waals surface area contributed by atoms with Crippen LogP contribution < -0.4 is 5.32 Å². The van der Waals surface area contributed by atoms with Crippen LogP contribution in [0.1, 0.15) is 43.0 Å². The zero-order valence-corrected chi connectivity index (χ0v) is 15.4. The van der Waals surface area contributed by atoms with Crippen LogP contribution in [0.5, 0.6) is 0 Å². The van der Waals surface area contributed by atoms with Gasteiger partial charge in [0, 0.05) is 32.4 Å². The van der Waals surface area contributed by atoms with Crippen LogP contribution in [0.4, 0.5) is 4.79 Å². The first-order chi connectivity index (χ1) is 12.0. The number of hydrogen-bond donors (Lipinski definition) is 1. The first-order valence-corrected chi connectivity index (χ1v) is 8.85. The van der Waals surface area contributed by atoms with Crippen molar-refractivity contribution in [1.82, 2.24) is 34.8 Å². The molecule has 0 aliphatic carbocycles. The summed E-state index contributed by atoms with van der Waals surface area (Å²) in [5.41, 5.74) is 2.18. The second kappa shape index (κ2) is 7.25. The summed E-state index contributed by atoms with van der Waals surface area (Å²) in [6.07, 6.45) is 3.60. The molecular weight excluding hydrogens is 318 g/mol. The lowest BCUT2D eigenvalue weighted by Gasteiger charge is -2.25. The van der Waals surface area contributed by atoms with E-state index in [1.54, 1.807) is 6.33 Å². The maximum Gasteiger partial charge on any atom is 0.318 e. The fourth-order valence-electron chi connectivity index (χ4n) is 3.45. The summed E-state index contributed by atoms with van der Waals surface area (Å²) in [4.78, 5) is 14.5. The minimum Gasteiger partial charge on any atom is -0.338 e. The number of hydrogen-bond acceptors (Lipinski definition) is 4. The zero-order valence-electron chi connectivity index (χ0n) is 15.4. The molecule has 3 heterocycles. The number of amides is 2. The van der Waals surface area contributed by atoms with E-state index in [4.69, 9.17) is 0 Å². The molecule has 8 nitrogen and oxygen atoms in total. The highest BCUT2D eigenvalue weighted by Gasteiger charge is 2.32. The Bertz CT molecular complexity index is 735. The first-order valence-electron chi connectivity index (χ1n) is 8.85. The lowest BCUT2D eigenvalue weighted by molar-refractivity contribution is 0.188. The van der Waals surface area contributed by atoms with Crippen molar-refractivity contribution in [3.8, 4) is 0 Å². The molecule has 1 N–H and O–H groups in total. The predicted molar refractivity (Wildman–Crippen MR) is 93.9 cm³/mol. The molecule has 0 unspecified atom stereocenters. The van der Waals surface area contributed by atoms with E-state index < -0.39 is 0 Å². The van der Waals surface area contributed by atoms with Crippen molar-refractivity contribution in [2.45, 2.75) is 46.2 Å². The van der Waals surface area contributed by atoms with Gasteiger partial charge in [-0.2, -0.15) is 5.10 Å². The fraction of sp³-hybridized carbons (Fsp3) is 0.647. The zero-order chi connectivity index (χ0) is 18.0. The van der Waals surface area contributed by atoms with Crippen LogP contribution in [0.2, 0.25) is 0 Å². The molecule has 1 fully saturated rings. The van der Waals surface area contributed by atoms with E-state index in [1.807, 2.05) is 28.1 Å². The van der Waals surface area contributed by atoms with E-state index in [2.05, 4.69) is 40.5 Å². The molecule has 25 heavy (non-hydrogen) atoms. The smallest absolute Gasteiger partial charge is 0.318 e. The van der Waals surface area contributed by atoms with Gasteiger partial charge in [0.1, 0.15) is 6.33 Å². The normalized spacial score (nSPS) is 18.6. The van der Waals surface area contributed by atoms with Crippen molar-refractivity contribution in [3.63, 3.8) is 0 Å². The SMILES string of the molecule is Cc1cc(C)n(C[C@H](C)CNC(=O)N2CCC[C@H]2c2nncn2C)n1. The molecule has 2 atom stereocenters. The maximum absolute atomic E-state index is 12.6. The minimum atomic E-state index is -0.0225. The lowest BCUT2D eigenvalue weighted by Crippen LogP contribution is -2.42. The molecule has 0 aromatic carbocycles. The fourth-order valence-corrected chi connectivity index (χ4v) is 3.45. The molecular formula is C17H27N7O. The number of urea groups is 1. The highest BCUT2D eigenvalue weighted by atomic mass is 16.2. The van der Waals surface area contributed by atoms with Gasteiger partial charge in [-0.25, -0.2) is 4.79 Å². The van der Waals surface area contributed by atoms with Crippen LogP contribution in [0, 0.1) is 19.8 Å². The number of rotatable bonds is 5. The summed E-state index contributed by atoms with van der Waals surface area (Å²) in [5.74, 6) is 1.15. The van der Waals surface area contributed by atoms with Gasteiger partial charge in [-0.3, -0.25) is 4.68 Å². The third kappa shape index (κ3) is 3.83. The van der Waals surface area contributed by atoms with E-state index in [0.29, 0.717) is 12.5 Å². The summed E-state index contributed by atoms with van der Waals surface area (Å²) in [5, 5.41) is 15.7. The van der Waals surface area contributed by atoms with Crippen LogP contribution >= 0.6 is 0 Å². The summed E-state index contributed by atoms with van der Waals surface area (Å²) in [6.45, 7) is 8.36. The van der Waals surface area contributed by atoms with Gasteiger partial charge in [-0.05, 0) is 38.7 Å². The highest BCUT2D eigenvalue weighted by Crippen LogP contribution is 2.30. The van der Waals surface area contributed by atoms with Crippen molar-refractivity contribution >= 4 is 6.03 Å². The van der Waals surface area contributed by atoms with E-state index in [0.717, 1.165) is 43.1 Å². The monoisotopic (exact) mass is 345 g/mol. The topological polar surface area (TPSA) is 80.9 Å². The first kappa shape index (κ1) is 17.4. The van der Waals surface area contributed by atoms with Crippen LogP contribution in [0.3, 0.4) is 0 Å². The molecule has 0 saturated carbocycles. The van der Waals surface area contributed by atoms with E-state index in [1.165, 1.54) is 0 Å². The second-order valence-electron chi connectivity index (χ2n) is 7.05. The molecule has 8 heteroatoms. The lowest BCUT2D eigenvalue weighted by atomic mass is 10.2. The Balaban J connectivity index is 1.55. The predicted octanol–water partition coefficient (Wildman–Crippen LogP) is 1.81. The summed E-state index contributed by atoms with van der Waals surface area (Å²) < 4.78 is 3.89. The van der Waals surface area contributed by atoms with E-state index >= 15 is 0 Å². The van der Waals surface area contributed by atoms with Crippen LogP contribution in [0.15, 0.2) is 12.4 Å². The Morgan fingerprint density at radius 1 is 1.44 bits per heavy atom. The standard InChI is InChI=1S/C17H27N7O/c1-12(10-24-14(3)8-13(2)21-24)9-18-17(25)23-7-5-6-15(23)16-20-19-11-22(16)4/h8,11-12,15H,5-7,9-10H2,1-4H3,(H,18,25)/t12-,15+/m1/s1. The number of likely N-dealkylation sites (tertiary alicyclic amines) is 1. The van der Waals surface area contributed by atoms with Crippen LogP contribution in [-0.4, -0.2) is 48.6 Å². The molecule has 1 saturated heterocycles. The molecule has 0 radical (unpaired) electrons. The Morgan fingerprint density at radius 2 is 2.24 bits per heavy atom. The molecule has 2 aromatic rings. The molecule has 136 valence electrons. The van der Waals surface area contributed by atoms with Gasteiger partial charge in [-0.1, -0.05) is 6.92 Å². The number of aryl methyl sites for hydroxylation is 3. The molecule has 2 amide bonds. The largest absolute Gasteiger partial charge is 0.338 e. The van der Waals surface area contributed by atoms with Crippen molar-refractivity contribution in [1.29, 1.82) is 0 Å². The average molecular weight is 345 g/mol. The molecule has 1 aliphatic heterocycles.